The predicted molar refractivity (Wildman–Crippen MR) is 80.6 cm³/mol. The van der Waals surface area contributed by atoms with Crippen molar-refractivity contribution >= 4 is 11.8 Å². The van der Waals surface area contributed by atoms with Gasteiger partial charge in [-0.2, -0.15) is 20.5 Å². The second-order valence-corrected chi connectivity index (χ2v) is 5.49. The van der Waals surface area contributed by atoms with Crippen molar-refractivity contribution in [2.24, 2.45) is 0 Å². The van der Waals surface area contributed by atoms with Gasteiger partial charge in [0.15, 0.2) is 0 Å². The number of alkyl halides is 2. The SMILES string of the molecule is OC(CSCc1ccc(OC(F)F)cc1)c1ccccc1. The molecular weight excluding hydrogens is 294 g/mol. The van der Waals surface area contributed by atoms with E-state index >= 15 is 0 Å². The first-order chi connectivity index (χ1) is 10.1. The molecule has 0 saturated carbocycles. The minimum absolute atomic E-state index is 0.156. The van der Waals surface area contributed by atoms with E-state index in [1.807, 2.05) is 30.3 Å². The van der Waals surface area contributed by atoms with Crippen LogP contribution in [0.4, 0.5) is 8.78 Å². The van der Waals surface area contributed by atoms with E-state index in [0.29, 0.717) is 11.5 Å². The van der Waals surface area contributed by atoms with Crippen LogP contribution in [0.5, 0.6) is 5.75 Å². The van der Waals surface area contributed by atoms with Crippen LogP contribution in [-0.4, -0.2) is 17.5 Å². The average Bonchev–Trinajstić information content (AvgIpc) is 2.49. The van der Waals surface area contributed by atoms with Gasteiger partial charge in [0.05, 0.1) is 6.10 Å². The number of hydrogen-bond donors (Lipinski definition) is 1. The van der Waals surface area contributed by atoms with Crippen molar-refractivity contribution in [1.82, 2.24) is 0 Å². The number of rotatable bonds is 7. The predicted octanol–water partition coefficient (Wildman–Crippen LogP) is 4.25. The van der Waals surface area contributed by atoms with Crippen molar-refractivity contribution in [3.63, 3.8) is 0 Å². The topological polar surface area (TPSA) is 29.5 Å². The number of hydrogen-bond acceptors (Lipinski definition) is 3. The Hall–Kier alpha value is -1.59. The highest BCUT2D eigenvalue weighted by molar-refractivity contribution is 7.98. The molecule has 0 heterocycles. The molecule has 0 bridgehead atoms. The highest BCUT2D eigenvalue weighted by Gasteiger charge is 2.07. The molecule has 2 nitrogen and oxygen atoms in total. The van der Waals surface area contributed by atoms with Crippen LogP contribution < -0.4 is 4.74 Å². The number of aliphatic hydroxyl groups is 1. The normalized spacial score (nSPS) is 12.4. The highest BCUT2D eigenvalue weighted by atomic mass is 32.2. The van der Waals surface area contributed by atoms with E-state index < -0.39 is 12.7 Å². The smallest absolute Gasteiger partial charge is 0.387 e. The van der Waals surface area contributed by atoms with Gasteiger partial charge in [-0.3, -0.25) is 0 Å². The third-order valence-electron chi connectivity index (χ3n) is 2.88. The van der Waals surface area contributed by atoms with E-state index in [4.69, 9.17) is 0 Å². The van der Waals surface area contributed by atoms with Gasteiger partial charge in [-0.05, 0) is 23.3 Å². The van der Waals surface area contributed by atoms with Crippen LogP contribution in [0.25, 0.3) is 0 Å². The first-order valence-corrected chi connectivity index (χ1v) is 7.65. The van der Waals surface area contributed by atoms with Gasteiger partial charge < -0.3 is 9.84 Å². The van der Waals surface area contributed by atoms with Crippen LogP contribution in [0.1, 0.15) is 17.2 Å². The standard InChI is InChI=1S/C16H16F2O2S/c17-16(18)20-14-8-6-12(7-9-14)10-21-11-15(19)13-4-2-1-3-5-13/h1-9,15-16,19H,10-11H2. The summed E-state index contributed by atoms with van der Waals surface area (Å²) in [6.07, 6.45) is -0.502. The summed E-state index contributed by atoms with van der Waals surface area (Å²) < 4.78 is 28.3. The van der Waals surface area contributed by atoms with Gasteiger partial charge in [-0.1, -0.05) is 42.5 Å². The Bertz CT molecular complexity index is 532. The van der Waals surface area contributed by atoms with Crippen LogP contribution in [0, 0.1) is 0 Å². The molecule has 0 radical (unpaired) electrons. The summed E-state index contributed by atoms with van der Waals surface area (Å²) in [5.74, 6) is 1.45. The van der Waals surface area contributed by atoms with Gasteiger partial charge in [-0.15, -0.1) is 0 Å². The minimum Gasteiger partial charge on any atom is -0.435 e. The Balaban J connectivity index is 1.78. The molecular formula is C16H16F2O2S. The second kappa shape index (κ2) is 8.00. The van der Waals surface area contributed by atoms with Gasteiger partial charge in [0.1, 0.15) is 5.75 Å². The Labute approximate surface area is 126 Å². The Morgan fingerprint density at radius 2 is 1.67 bits per heavy atom. The van der Waals surface area contributed by atoms with E-state index in [2.05, 4.69) is 4.74 Å². The fourth-order valence-corrected chi connectivity index (χ4v) is 2.79. The van der Waals surface area contributed by atoms with Crippen LogP contribution in [0.15, 0.2) is 54.6 Å². The van der Waals surface area contributed by atoms with Crippen molar-refractivity contribution < 1.29 is 18.6 Å². The third-order valence-corrected chi connectivity index (χ3v) is 3.97. The van der Waals surface area contributed by atoms with E-state index in [9.17, 15) is 13.9 Å². The van der Waals surface area contributed by atoms with Crippen molar-refractivity contribution in [1.29, 1.82) is 0 Å². The van der Waals surface area contributed by atoms with E-state index in [1.165, 1.54) is 12.1 Å². The molecule has 0 aromatic heterocycles. The lowest BCUT2D eigenvalue weighted by Gasteiger charge is -2.10. The van der Waals surface area contributed by atoms with Gasteiger partial charge in [0.25, 0.3) is 0 Å². The first-order valence-electron chi connectivity index (χ1n) is 6.49. The maximum atomic E-state index is 12.0. The number of benzene rings is 2. The third kappa shape index (κ3) is 5.36. The number of thioether (sulfide) groups is 1. The molecule has 0 aliphatic heterocycles. The molecule has 2 rings (SSSR count). The van der Waals surface area contributed by atoms with Crippen molar-refractivity contribution in [3.8, 4) is 5.75 Å². The monoisotopic (exact) mass is 310 g/mol. The Kier molecular flexibility index (Phi) is 6.02. The molecule has 1 N–H and O–H groups in total. The molecule has 21 heavy (non-hydrogen) atoms. The maximum absolute atomic E-state index is 12.0. The van der Waals surface area contributed by atoms with Crippen LogP contribution in [0.3, 0.4) is 0 Å². The summed E-state index contributed by atoms with van der Waals surface area (Å²) >= 11 is 1.59. The summed E-state index contributed by atoms with van der Waals surface area (Å²) in [4.78, 5) is 0. The lowest BCUT2D eigenvalue weighted by Crippen LogP contribution is -2.02. The van der Waals surface area contributed by atoms with Crippen molar-refractivity contribution in [2.45, 2.75) is 18.5 Å². The van der Waals surface area contributed by atoms with Crippen LogP contribution in [0.2, 0.25) is 0 Å². The average molecular weight is 310 g/mol. The van der Waals surface area contributed by atoms with E-state index in [1.54, 1.807) is 23.9 Å². The molecule has 0 saturated heterocycles. The molecule has 2 aromatic rings. The lowest BCUT2D eigenvalue weighted by molar-refractivity contribution is -0.0498. The quantitative estimate of drug-likeness (QED) is 0.829. The summed E-state index contributed by atoms with van der Waals surface area (Å²) in [5.41, 5.74) is 1.90. The minimum atomic E-state index is -2.80. The fraction of sp³-hybridized carbons (Fsp3) is 0.250. The van der Waals surface area contributed by atoms with Gasteiger partial charge in [0, 0.05) is 11.5 Å². The number of aliphatic hydroxyl groups excluding tert-OH is 1. The van der Waals surface area contributed by atoms with Gasteiger partial charge >= 0.3 is 6.61 Å². The van der Waals surface area contributed by atoms with E-state index in [-0.39, 0.29) is 5.75 Å². The second-order valence-electron chi connectivity index (χ2n) is 4.46. The zero-order chi connectivity index (χ0) is 15.1. The molecule has 0 amide bonds. The molecule has 0 spiro atoms. The number of halogens is 2. The fourth-order valence-electron chi connectivity index (χ4n) is 1.83. The van der Waals surface area contributed by atoms with Crippen molar-refractivity contribution in [3.05, 3.63) is 65.7 Å². The molecule has 0 aliphatic rings. The zero-order valence-corrected chi connectivity index (χ0v) is 12.1. The maximum Gasteiger partial charge on any atom is 0.387 e. The zero-order valence-electron chi connectivity index (χ0n) is 11.3. The molecule has 5 heteroatoms. The van der Waals surface area contributed by atoms with Crippen LogP contribution >= 0.6 is 11.8 Å². The first kappa shape index (κ1) is 15.8. The molecule has 112 valence electrons. The molecule has 1 atom stereocenters. The Morgan fingerprint density at radius 1 is 1.00 bits per heavy atom. The summed E-state index contributed by atoms with van der Waals surface area (Å²) in [6.45, 7) is -2.80. The molecule has 0 aliphatic carbocycles. The lowest BCUT2D eigenvalue weighted by atomic mass is 10.1. The van der Waals surface area contributed by atoms with E-state index in [0.717, 1.165) is 11.1 Å². The Morgan fingerprint density at radius 3 is 2.29 bits per heavy atom. The molecule has 1 unspecified atom stereocenters. The number of ether oxygens (including phenoxy) is 1. The van der Waals surface area contributed by atoms with Gasteiger partial charge in [0.2, 0.25) is 0 Å². The van der Waals surface area contributed by atoms with Crippen molar-refractivity contribution in [2.75, 3.05) is 5.75 Å². The summed E-state index contributed by atoms with van der Waals surface area (Å²) in [6, 6.07) is 16.0. The van der Waals surface area contributed by atoms with Gasteiger partial charge in [-0.25, -0.2) is 0 Å². The summed E-state index contributed by atoms with van der Waals surface area (Å²) in [7, 11) is 0. The molecule has 2 aromatic carbocycles. The van der Waals surface area contributed by atoms with Crippen LogP contribution in [-0.2, 0) is 5.75 Å². The molecule has 0 fully saturated rings. The summed E-state index contributed by atoms with van der Waals surface area (Å²) in [5, 5.41) is 10.0. The largest absolute Gasteiger partial charge is 0.435 e. The highest BCUT2D eigenvalue weighted by Crippen LogP contribution is 2.22.